The van der Waals surface area contributed by atoms with Crippen LogP contribution in [0.1, 0.15) is 23.1 Å². The summed E-state index contributed by atoms with van der Waals surface area (Å²) in [5, 5.41) is 0. The van der Waals surface area contributed by atoms with E-state index in [-0.39, 0.29) is 0 Å². The maximum Gasteiger partial charge on any atom is 0.122 e. The first kappa shape index (κ1) is 9.91. The van der Waals surface area contributed by atoms with E-state index in [1.165, 1.54) is 22.3 Å². The zero-order valence-corrected chi connectivity index (χ0v) is 9.62. The fourth-order valence-electron chi connectivity index (χ4n) is 3.06. The van der Waals surface area contributed by atoms with Gasteiger partial charge in [-0.1, -0.05) is 12.1 Å². The third kappa shape index (κ3) is 1.23. The highest BCUT2D eigenvalue weighted by atomic mass is 16.5. The zero-order chi connectivity index (χ0) is 11.1. The van der Waals surface area contributed by atoms with Crippen molar-refractivity contribution in [1.29, 1.82) is 0 Å². The molecule has 1 atom stereocenters. The van der Waals surface area contributed by atoms with Gasteiger partial charge in [-0.15, -0.1) is 0 Å². The molecule has 0 bridgehead atoms. The summed E-state index contributed by atoms with van der Waals surface area (Å²) >= 11 is 0. The van der Waals surface area contributed by atoms with Crippen molar-refractivity contribution >= 4 is 5.57 Å². The number of rotatable bonds is 2. The summed E-state index contributed by atoms with van der Waals surface area (Å²) in [7, 11) is 1.76. The smallest absolute Gasteiger partial charge is 0.122 e. The molecular formula is C14H17NO. The fourth-order valence-corrected chi connectivity index (χ4v) is 3.06. The van der Waals surface area contributed by atoms with Crippen molar-refractivity contribution < 1.29 is 4.74 Å². The minimum Gasteiger partial charge on any atom is -0.496 e. The van der Waals surface area contributed by atoms with E-state index >= 15 is 0 Å². The van der Waals surface area contributed by atoms with Crippen LogP contribution in [0.2, 0.25) is 0 Å². The normalized spacial score (nSPS) is 21.6. The Hall–Kier alpha value is -1.28. The topological polar surface area (TPSA) is 35.2 Å². The lowest BCUT2D eigenvalue weighted by atomic mass is 9.80. The monoisotopic (exact) mass is 215 g/mol. The van der Waals surface area contributed by atoms with Gasteiger partial charge in [0.2, 0.25) is 0 Å². The van der Waals surface area contributed by atoms with Crippen LogP contribution >= 0.6 is 0 Å². The second-order valence-electron chi connectivity index (χ2n) is 4.62. The Morgan fingerprint density at radius 3 is 3.06 bits per heavy atom. The molecule has 3 rings (SSSR count). The third-order valence-electron chi connectivity index (χ3n) is 3.87. The summed E-state index contributed by atoms with van der Waals surface area (Å²) in [6, 6.07) is 4.30. The van der Waals surface area contributed by atoms with Crippen LogP contribution in [0.3, 0.4) is 0 Å². The van der Waals surface area contributed by atoms with Crippen molar-refractivity contribution in [3.8, 4) is 5.75 Å². The van der Waals surface area contributed by atoms with Crippen LogP contribution < -0.4 is 10.5 Å². The van der Waals surface area contributed by atoms with E-state index in [0.717, 1.165) is 31.6 Å². The maximum atomic E-state index is 5.85. The van der Waals surface area contributed by atoms with Gasteiger partial charge in [0.15, 0.2) is 0 Å². The standard InChI is InChI=1S/C14H17NO/c1-16-13-7-4-9-2-5-11-10(8-15)3-6-12(13)14(9)11/h4-5,7,10H,2-3,6,8,15H2,1H3. The lowest BCUT2D eigenvalue weighted by Gasteiger charge is -2.27. The molecule has 2 heteroatoms. The Morgan fingerprint density at radius 2 is 2.31 bits per heavy atom. The highest BCUT2D eigenvalue weighted by Gasteiger charge is 2.29. The van der Waals surface area contributed by atoms with E-state index in [1.807, 2.05) is 0 Å². The van der Waals surface area contributed by atoms with Gasteiger partial charge in [0.25, 0.3) is 0 Å². The van der Waals surface area contributed by atoms with Gasteiger partial charge in [-0.2, -0.15) is 0 Å². The minimum atomic E-state index is 0.556. The average Bonchev–Trinajstić information content (AvgIpc) is 2.76. The van der Waals surface area contributed by atoms with Crippen LogP contribution in [0.15, 0.2) is 18.2 Å². The molecule has 0 saturated carbocycles. The SMILES string of the molecule is COc1ccc2c3c1CCC(CN)C3=CC2. The first-order chi connectivity index (χ1) is 7.85. The Balaban J connectivity index is 2.17. The molecule has 84 valence electrons. The van der Waals surface area contributed by atoms with E-state index in [1.54, 1.807) is 7.11 Å². The Kier molecular flexibility index (Phi) is 2.25. The molecule has 0 amide bonds. The first-order valence-corrected chi connectivity index (χ1v) is 5.94. The average molecular weight is 215 g/mol. The van der Waals surface area contributed by atoms with Crippen molar-refractivity contribution in [3.05, 3.63) is 34.9 Å². The highest BCUT2D eigenvalue weighted by molar-refractivity contribution is 5.80. The molecule has 0 fully saturated rings. The lowest BCUT2D eigenvalue weighted by molar-refractivity contribution is 0.406. The molecule has 0 saturated heterocycles. The van der Waals surface area contributed by atoms with Gasteiger partial charge in [-0.25, -0.2) is 0 Å². The Morgan fingerprint density at radius 1 is 1.44 bits per heavy atom. The first-order valence-electron chi connectivity index (χ1n) is 5.94. The molecule has 2 aliphatic carbocycles. The Bertz CT molecular complexity index is 462. The second kappa shape index (κ2) is 3.63. The third-order valence-corrected chi connectivity index (χ3v) is 3.87. The van der Waals surface area contributed by atoms with Gasteiger partial charge >= 0.3 is 0 Å². The second-order valence-corrected chi connectivity index (χ2v) is 4.62. The lowest BCUT2D eigenvalue weighted by Crippen LogP contribution is -2.21. The fraction of sp³-hybridized carbons (Fsp3) is 0.429. The van der Waals surface area contributed by atoms with E-state index in [2.05, 4.69) is 18.2 Å². The quantitative estimate of drug-likeness (QED) is 0.820. The summed E-state index contributed by atoms with van der Waals surface area (Å²) in [4.78, 5) is 0. The van der Waals surface area contributed by atoms with Gasteiger partial charge in [-0.3, -0.25) is 0 Å². The molecule has 2 N–H and O–H groups in total. The molecule has 0 aromatic heterocycles. The number of hydrogen-bond acceptors (Lipinski definition) is 2. The molecule has 0 aliphatic heterocycles. The van der Waals surface area contributed by atoms with Crippen LogP contribution in [0.4, 0.5) is 0 Å². The van der Waals surface area contributed by atoms with E-state index in [4.69, 9.17) is 10.5 Å². The van der Waals surface area contributed by atoms with Crippen molar-refractivity contribution in [2.75, 3.05) is 13.7 Å². The summed E-state index contributed by atoms with van der Waals surface area (Å²) in [5.74, 6) is 1.60. The van der Waals surface area contributed by atoms with E-state index in [0.29, 0.717) is 5.92 Å². The van der Waals surface area contributed by atoms with E-state index in [9.17, 15) is 0 Å². The van der Waals surface area contributed by atoms with Crippen LogP contribution in [-0.4, -0.2) is 13.7 Å². The van der Waals surface area contributed by atoms with Gasteiger partial charge in [0, 0.05) is 5.56 Å². The van der Waals surface area contributed by atoms with Gasteiger partial charge < -0.3 is 10.5 Å². The molecule has 1 unspecified atom stereocenters. The molecule has 0 heterocycles. The summed E-state index contributed by atoms with van der Waals surface area (Å²) in [6.45, 7) is 0.766. The van der Waals surface area contributed by atoms with Crippen LogP contribution in [0.25, 0.3) is 5.57 Å². The van der Waals surface area contributed by atoms with Crippen molar-refractivity contribution in [2.45, 2.75) is 19.3 Å². The molecular weight excluding hydrogens is 198 g/mol. The molecule has 0 radical (unpaired) electrons. The molecule has 0 spiro atoms. The number of allylic oxidation sites excluding steroid dienone is 1. The van der Waals surface area contributed by atoms with Crippen molar-refractivity contribution in [3.63, 3.8) is 0 Å². The number of ether oxygens (including phenoxy) is 1. The van der Waals surface area contributed by atoms with Gasteiger partial charge in [0.1, 0.15) is 5.75 Å². The number of benzene rings is 1. The molecule has 2 nitrogen and oxygen atoms in total. The van der Waals surface area contributed by atoms with E-state index < -0.39 is 0 Å². The minimum absolute atomic E-state index is 0.556. The van der Waals surface area contributed by atoms with Crippen LogP contribution in [0.5, 0.6) is 5.75 Å². The van der Waals surface area contributed by atoms with Gasteiger partial charge in [0.05, 0.1) is 7.11 Å². The zero-order valence-electron chi connectivity index (χ0n) is 9.62. The summed E-state index contributed by atoms with van der Waals surface area (Å²) in [5.41, 5.74) is 11.6. The number of nitrogens with two attached hydrogens (primary N) is 1. The van der Waals surface area contributed by atoms with Gasteiger partial charge in [-0.05, 0) is 54.5 Å². The summed E-state index contributed by atoms with van der Waals surface area (Å²) < 4.78 is 5.45. The molecule has 16 heavy (non-hydrogen) atoms. The molecule has 1 aromatic carbocycles. The maximum absolute atomic E-state index is 5.85. The highest BCUT2D eigenvalue weighted by Crippen LogP contribution is 2.44. The number of methoxy groups -OCH3 is 1. The Labute approximate surface area is 96.1 Å². The predicted octanol–water partition coefficient (Wildman–Crippen LogP) is 2.16. The summed E-state index contributed by atoms with van der Waals surface area (Å²) in [6.07, 6.45) is 5.68. The molecule has 1 aromatic rings. The van der Waals surface area contributed by atoms with Crippen molar-refractivity contribution in [1.82, 2.24) is 0 Å². The van der Waals surface area contributed by atoms with Crippen LogP contribution in [0, 0.1) is 5.92 Å². The number of hydrogen-bond donors (Lipinski definition) is 1. The predicted molar refractivity (Wildman–Crippen MR) is 65.5 cm³/mol. The van der Waals surface area contributed by atoms with Crippen molar-refractivity contribution in [2.24, 2.45) is 11.7 Å². The molecule has 2 aliphatic rings. The largest absolute Gasteiger partial charge is 0.496 e. The van der Waals surface area contributed by atoms with Crippen LogP contribution in [-0.2, 0) is 12.8 Å².